The molecule has 0 aliphatic carbocycles. The van der Waals surface area contributed by atoms with E-state index in [4.69, 9.17) is 0 Å². The van der Waals surface area contributed by atoms with Crippen molar-refractivity contribution in [1.82, 2.24) is 4.72 Å². The van der Waals surface area contributed by atoms with Gasteiger partial charge in [-0.3, -0.25) is 4.79 Å². The number of para-hydroxylation sites is 1. The van der Waals surface area contributed by atoms with Crippen molar-refractivity contribution in [3.05, 3.63) is 60.2 Å². The predicted molar refractivity (Wildman–Crippen MR) is 81.7 cm³/mol. The molecule has 5 nitrogen and oxygen atoms in total. The Morgan fingerprint density at radius 3 is 2.43 bits per heavy atom. The number of sulfonamides is 1. The van der Waals surface area contributed by atoms with Crippen LogP contribution in [0.25, 0.3) is 0 Å². The van der Waals surface area contributed by atoms with Crippen LogP contribution in [0.3, 0.4) is 0 Å². The lowest BCUT2D eigenvalue weighted by Crippen LogP contribution is -2.23. The van der Waals surface area contributed by atoms with Gasteiger partial charge in [0.2, 0.25) is 10.0 Å². The highest BCUT2D eigenvalue weighted by molar-refractivity contribution is 7.89. The Balaban J connectivity index is 2.23. The van der Waals surface area contributed by atoms with Gasteiger partial charge in [-0.25, -0.2) is 13.1 Å². The summed E-state index contributed by atoms with van der Waals surface area (Å²) in [5, 5.41) is 2.71. The maximum atomic E-state index is 12.1. The van der Waals surface area contributed by atoms with Crippen molar-refractivity contribution >= 4 is 21.6 Å². The molecule has 0 radical (unpaired) electrons. The van der Waals surface area contributed by atoms with E-state index in [9.17, 15) is 13.2 Å². The molecule has 0 saturated carbocycles. The summed E-state index contributed by atoms with van der Waals surface area (Å²) in [5.41, 5.74) is 0.945. The standard InChI is InChI=1S/C15H16N2O3S/c1-2-16-21(19,20)14-10-6-7-12(11-14)15(18)17-13-8-4-3-5-9-13/h3-11,16H,2H2,1H3,(H,17,18). The molecule has 6 heteroatoms. The third kappa shape index (κ3) is 3.90. The van der Waals surface area contributed by atoms with Gasteiger partial charge in [-0.15, -0.1) is 0 Å². The zero-order valence-electron chi connectivity index (χ0n) is 11.5. The molecule has 0 unspecified atom stereocenters. The summed E-state index contributed by atoms with van der Waals surface area (Å²) >= 11 is 0. The van der Waals surface area contributed by atoms with Crippen molar-refractivity contribution in [2.45, 2.75) is 11.8 Å². The number of amides is 1. The summed E-state index contributed by atoms with van der Waals surface area (Å²) < 4.78 is 26.2. The highest BCUT2D eigenvalue weighted by atomic mass is 32.2. The number of anilines is 1. The lowest BCUT2D eigenvalue weighted by molar-refractivity contribution is 0.102. The third-order valence-electron chi connectivity index (χ3n) is 2.77. The van der Waals surface area contributed by atoms with E-state index in [0.717, 1.165) is 0 Å². The SMILES string of the molecule is CCNS(=O)(=O)c1cccc(C(=O)Nc2ccccc2)c1. The Labute approximate surface area is 124 Å². The van der Waals surface area contributed by atoms with Gasteiger partial charge in [0.15, 0.2) is 0 Å². The molecule has 0 atom stereocenters. The summed E-state index contributed by atoms with van der Waals surface area (Å²) in [6, 6.07) is 14.9. The molecule has 0 bridgehead atoms. The van der Waals surface area contributed by atoms with Crippen LogP contribution in [-0.4, -0.2) is 20.9 Å². The van der Waals surface area contributed by atoms with E-state index in [1.165, 1.54) is 12.1 Å². The van der Waals surface area contributed by atoms with Crippen LogP contribution in [0.2, 0.25) is 0 Å². The number of nitrogens with one attached hydrogen (secondary N) is 2. The first-order chi connectivity index (χ1) is 10.0. The molecule has 0 fully saturated rings. The lowest BCUT2D eigenvalue weighted by Gasteiger charge is -2.08. The van der Waals surface area contributed by atoms with Crippen LogP contribution in [0.1, 0.15) is 17.3 Å². The maximum Gasteiger partial charge on any atom is 0.255 e. The minimum absolute atomic E-state index is 0.0741. The van der Waals surface area contributed by atoms with Gasteiger partial charge in [0.25, 0.3) is 5.91 Å². The first kappa shape index (κ1) is 15.2. The molecule has 2 rings (SSSR count). The summed E-state index contributed by atoms with van der Waals surface area (Å²) in [6.07, 6.45) is 0. The Morgan fingerprint density at radius 1 is 1.05 bits per heavy atom. The second kappa shape index (κ2) is 6.51. The molecule has 21 heavy (non-hydrogen) atoms. The third-order valence-corrected chi connectivity index (χ3v) is 4.32. The minimum Gasteiger partial charge on any atom is -0.322 e. The van der Waals surface area contributed by atoms with E-state index in [0.29, 0.717) is 12.2 Å². The molecule has 0 spiro atoms. The second-order valence-corrected chi connectivity index (χ2v) is 6.12. The summed E-state index contributed by atoms with van der Waals surface area (Å²) in [7, 11) is -3.57. The molecule has 0 saturated heterocycles. The molecule has 110 valence electrons. The number of rotatable bonds is 5. The molecule has 0 aliphatic heterocycles. The number of hydrogen-bond donors (Lipinski definition) is 2. The van der Waals surface area contributed by atoms with Crippen LogP contribution in [0.5, 0.6) is 0 Å². The highest BCUT2D eigenvalue weighted by Crippen LogP contribution is 2.13. The van der Waals surface area contributed by atoms with Gasteiger partial charge in [-0.2, -0.15) is 0 Å². The molecule has 0 aromatic heterocycles. The fourth-order valence-electron chi connectivity index (χ4n) is 1.80. The van der Waals surface area contributed by atoms with Crippen molar-refractivity contribution in [3.8, 4) is 0 Å². The average Bonchev–Trinajstić information content (AvgIpc) is 2.48. The van der Waals surface area contributed by atoms with E-state index >= 15 is 0 Å². The van der Waals surface area contributed by atoms with Gasteiger partial charge in [0.05, 0.1) is 4.90 Å². The lowest BCUT2D eigenvalue weighted by atomic mass is 10.2. The number of carbonyl (C=O) groups is 1. The van der Waals surface area contributed by atoms with Crippen LogP contribution >= 0.6 is 0 Å². The van der Waals surface area contributed by atoms with Crippen LogP contribution in [0.4, 0.5) is 5.69 Å². The smallest absolute Gasteiger partial charge is 0.255 e. The topological polar surface area (TPSA) is 75.3 Å². The molecule has 0 heterocycles. The summed E-state index contributed by atoms with van der Waals surface area (Å²) in [6.45, 7) is 1.99. The number of carbonyl (C=O) groups excluding carboxylic acids is 1. The Kier molecular flexibility index (Phi) is 4.72. The van der Waals surface area contributed by atoms with Gasteiger partial charge in [-0.1, -0.05) is 31.2 Å². The van der Waals surface area contributed by atoms with Crippen LogP contribution in [-0.2, 0) is 10.0 Å². The Morgan fingerprint density at radius 2 is 1.76 bits per heavy atom. The fraction of sp³-hybridized carbons (Fsp3) is 0.133. The van der Waals surface area contributed by atoms with Crippen LogP contribution < -0.4 is 10.0 Å². The van der Waals surface area contributed by atoms with Crippen LogP contribution in [0, 0.1) is 0 Å². The molecule has 2 aromatic rings. The molecular weight excluding hydrogens is 288 g/mol. The van der Waals surface area contributed by atoms with E-state index in [1.54, 1.807) is 31.2 Å². The van der Waals surface area contributed by atoms with E-state index in [-0.39, 0.29) is 16.4 Å². The van der Waals surface area contributed by atoms with Gasteiger partial charge < -0.3 is 5.32 Å². The van der Waals surface area contributed by atoms with E-state index in [1.807, 2.05) is 18.2 Å². The van der Waals surface area contributed by atoms with Crippen molar-refractivity contribution in [3.63, 3.8) is 0 Å². The van der Waals surface area contributed by atoms with Crippen molar-refractivity contribution in [1.29, 1.82) is 0 Å². The van der Waals surface area contributed by atoms with Gasteiger partial charge >= 0.3 is 0 Å². The van der Waals surface area contributed by atoms with Gasteiger partial charge in [0, 0.05) is 17.8 Å². The van der Waals surface area contributed by atoms with Crippen molar-refractivity contribution < 1.29 is 13.2 Å². The summed E-state index contributed by atoms with van der Waals surface area (Å²) in [4.78, 5) is 12.2. The van der Waals surface area contributed by atoms with Gasteiger partial charge in [0.1, 0.15) is 0 Å². The zero-order valence-corrected chi connectivity index (χ0v) is 12.4. The van der Waals surface area contributed by atoms with Crippen molar-refractivity contribution in [2.24, 2.45) is 0 Å². The molecule has 1 amide bonds. The fourth-order valence-corrected chi connectivity index (χ4v) is 2.89. The zero-order chi connectivity index (χ0) is 15.3. The second-order valence-electron chi connectivity index (χ2n) is 4.35. The number of benzene rings is 2. The largest absolute Gasteiger partial charge is 0.322 e. The van der Waals surface area contributed by atoms with E-state index in [2.05, 4.69) is 10.0 Å². The normalized spacial score (nSPS) is 11.1. The monoisotopic (exact) mass is 304 g/mol. The molecule has 2 aromatic carbocycles. The Bertz CT molecular complexity index is 728. The van der Waals surface area contributed by atoms with Crippen molar-refractivity contribution in [2.75, 3.05) is 11.9 Å². The quantitative estimate of drug-likeness (QED) is 0.889. The highest BCUT2D eigenvalue weighted by Gasteiger charge is 2.15. The first-order valence-electron chi connectivity index (χ1n) is 6.49. The maximum absolute atomic E-state index is 12.1. The first-order valence-corrected chi connectivity index (χ1v) is 7.97. The molecule has 2 N–H and O–H groups in total. The predicted octanol–water partition coefficient (Wildman–Crippen LogP) is 2.24. The van der Waals surface area contributed by atoms with Gasteiger partial charge in [-0.05, 0) is 30.3 Å². The van der Waals surface area contributed by atoms with Crippen LogP contribution in [0.15, 0.2) is 59.5 Å². The minimum atomic E-state index is -3.57. The molecule has 0 aliphatic rings. The average molecular weight is 304 g/mol. The molecular formula is C15H16N2O3S. The van der Waals surface area contributed by atoms with E-state index < -0.39 is 10.0 Å². The summed E-state index contributed by atoms with van der Waals surface area (Å²) in [5.74, 6) is -0.352. The number of hydrogen-bond acceptors (Lipinski definition) is 3. The Hall–Kier alpha value is -2.18.